The van der Waals surface area contributed by atoms with Crippen LogP contribution in [0.3, 0.4) is 0 Å². The van der Waals surface area contributed by atoms with Crippen molar-refractivity contribution in [3.05, 3.63) is 35.9 Å². The van der Waals surface area contributed by atoms with Gasteiger partial charge in [0, 0.05) is 18.8 Å². The summed E-state index contributed by atoms with van der Waals surface area (Å²) in [6.07, 6.45) is 2.66. The molecule has 0 atom stereocenters. The van der Waals surface area contributed by atoms with Crippen molar-refractivity contribution in [1.82, 2.24) is 0 Å². The summed E-state index contributed by atoms with van der Waals surface area (Å²) in [7, 11) is 0. The lowest BCUT2D eigenvalue weighted by Crippen LogP contribution is -2.18. The largest absolute Gasteiger partial charge is 0.371 e. The summed E-state index contributed by atoms with van der Waals surface area (Å²) in [5, 5.41) is 0. The van der Waals surface area contributed by atoms with E-state index in [9.17, 15) is 0 Å². The molecule has 15 heavy (non-hydrogen) atoms. The highest BCUT2D eigenvalue weighted by atomic mass is 15.1. The minimum Gasteiger partial charge on any atom is -0.371 e. The van der Waals surface area contributed by atoms with E-state index in [1.54, 1.807) is 0 Å². The van der Waals surface area contributed by atoms with E-state index in [0.717, 1.165) is 5.57 Å². The summed E-state index contributed by atoms with van der Waals surface area (Å²) in [5.74, 6) is 0. The maximum Gasteiger partial charge on any atom is 0.0402 e. The Morgan fingerprint density at radius 1 is 1.27 bits per heavy atom. The van der Waals surface area contributed by atoms with Crippen LogP contribution in [0, 0.1) is 6.92 Å². The number of hydrogen-bond donors (Lipinski definition) is 0. The molecule has 0 aromatic heterocycles. The molecule has 2 rings (SSSR count). The molecular weight excluding hydrogens is 182 g/mol. The Morgan fingerprint density at radius 2 is 1.93 bits per heavy atom. The van der Waals surface area contributed by atoms with Crippen LogP contribution >= 0.6 is 0 Å². The van der Waals surface area contributed by atoms with Crippen molar-refractivity contribution < 1.29 is 0 Å². The summed E-state index contributed by atoms with van der Waals surface area (Å²) < 4.78 is 0. The maximum atomic E-state index is 4.04. The fraction of sp³-hybridized carbons (Fsp3) is 0.429. The SMILES string of the molecule is C=C(C)c1cccc(N2CCCC2)c1C. The van der Waals surface area contributed by atoms with Crippen LogP contribution in [0.1, 0.15) is 30.9 Å². The molecule has 1 saturated heterocycles. The van der Waals surface area contributed by atoms with E-state index in [0.29, 0.717) is 0 Å². The zero-order chi connectivity index (χ0) is 10.8. The monoisotopic (exact) mass is 201 g/mol. The van der Waals surface area contributed by atoms with Gasteiger partial charge in [-0.1, -0.05) is 24.3 Å². The molecule has 0 aliphatic carbocycles. The first kappa shape index (κ1) is 10.3. The highest BCUT2D eigenvalue weighted by Crippen LogP contribution is 2.29. The van der Waals surface area contributed by atoms with Gasteiger partial charge in [0.25, 0.3) is 0 Å². The standard InChI is InChI=1S/C14H19N/c1-11(2)13-7-6-8-14(12(13)3)15-9-4-5-10-15/h6-8H,1,4-5,9-10H2,2-3H3. The molecule has 1 fully saturated rings. The third-order valence-corrected chi connectivity index (χ3v) is 3.21. The van der Waals surface area contributed by atoms with Crippen molar-refractivity contribution in [3.63, 3.8) is 0 Å². The predicted molar refractivity (Wildman–Crippen MR) is 67.3 cm³/mol. The van der Waals surface area contributed by atoms with Gasteiger partial charge in [0.2, 0.25) is 0 Å². The minimum atomic E-state index is 1.16. The van der Waals surface area contributed by atoms with E-state index < -0.39 is 0 Å². The Labute approximate surface area is 92.4 Å². The molecule has 1 aliphatic heterocycles. The first-order valence-corrected chi connectivity index (χ1v) is 5.70. The van der Waals surface area contributed by atoms with E-state index in [4.69, 9.17) is 0 Å². The second-order valence-corrected chi connectivity index (χ2v) is 4.42. The number of hydrogen-bond acceptors (Lipinski definition) is 1. The molecule has 1 aromatic rings. The molecule has 1 aromatic carbocycles. The van der Waals surface area contributed by atoms with Gasteiger partial charge in [-0.25, -0.2) is 0 Å². The Kier molecular flexibility index (Phi) is 2.81. The molecule has 0 unspecified atom stereocenters. The third-order valence-electron chi connectivity index (χ3n) is 3.21. The summed E-state index contributed by atoms with van der Waals surface area (Å²) >= 11 is 0. The van der Waals surface area contributed by atoms with Crippen LogP contribution in [0.15, 0.2) is 24.8 Å². The molecule has 1 heteroatoms. The van der Waals surface area contributed by atoms with Crippen molar-refractivity contribution in [3.8, 4) is 0 Å². The van der Waals surface area contributed by atoms with Gasteiger partial charge in [-0.2, -0.15) is 0 Å². The van der Waals surface area contributed by atoms with E-state index in [1.807, 2.05) is 0 Å². The van der Waals surface area contributed by atoms with E-state index in [-0.39, 0.29) is 0 Å². The van der Waals surface area contributed by atoms with Crippen molar-refractivity contribution in [2.75, 3.05) is 18.0 Å². The number of allylic oxidation sites excluding steroid dienone is 1. The first-order chi connectivity index (χ1) is 7.20. The average Bonchev–Trinajstić information content (AvgIpc) is 2.70. The maximum absolute atomic E-state index is 4.04. The lowest BCUT2D eigenvalue weighted by molar-refractivity contribution is 0.949. The van der Waals surface area contributed by atoms with Crippen molar-refractivity contribution in [2.45, 2.75) is 26.7 Å². The zero-order valence-corrected chi connectivity index (χ0v) is 9.71. The molecular formula is C14H19N. The second-order valence-electron chi connectivity index (χ2n) is 4.42. The molecule has 1 heterocycles. The molecule has 0 bridgehead atoms. The highest BCUT2D eigenvalue weighted by molar-refractivity contribution is 5.71. The molecule has 1 aliphatic rings. The minimum absolute atomic E-state index is 1.16. The van der Waals surface area contributed by atoms with Crippen LogP contribution in [0.4, 0.5) is 5.69 Å². The zero-order valence-electron chi connectivity index (χ0n) is 9.71. The van der Waals surface area contributed by atoms with Crippen LogP contribution < -0.4 is 4.90 Å². The fourth-order valence-electron chi connectivity index (χ4n) is 2.39. The normalized spacial score (nSPS) is 15.7. The quantitative estimate of drug-likeness (QED) is 0.706. The average molecular weight is 201 g/mol. The summed E-state index contributed by atoms with van der Waals surface area (Å²) in [4.78, 5) is 2.49. The smallest absolute Gasteiger partial charge is 0.0402 e. The van der Waals surface area contributed by atoms with E-state index in [2.05, 4.69) is 43.5 Å². The third kappa shape index (κ3) is 1.92. The Balaban J connectivity index is 2.39. The van der Waals surface area contributed by atoms with Crippen molar-refractivity contribution >= 4 is 11.3 Å². The van der Waals surface area contributed by atoms with Gasteiger partial charge >= 0.3 is 0 Å². The first-order valence-electron chi connectivity index (χ1n) is 5.70. The molecule has 80 valence electrons. The van der Waals surface area contributed by atoms with Gasteiger partial charge in [0.05, 0.1) is 0 Å². The Bertz CT molecular complexity index is 373. The summed E-state index contributed by atoms with van der Waals surface area (Å²) in [6.45, 7) is 10.7. The predicted octanol–water partition coefficient (Wildman–Crippen LogP) is 3.63. The van der Waals surface area contributed by atoms with Crippen LogP contribution in [0.5, 0.6) is 0 Å². The van der Waals surface area contributed by atoms with Gasteiger partial charge in [0.15, 0.2) is 0 Å². The van der Waals surface area contributed by atoms with Gasteiger partial charge in [-0.05, 0) is 43.9 Å². The number of nitrogens with zero attached hydrogens (tertiary/aromatic N) is 1. The molecule has 0 saturated carbocycles. The van der Waals surface area contributed by atoms with Crippen molar-refractivity contribution in [1.29, 1.82) is 0 Å². The summed E-state index contributed by atoms with van der Waals surface area (Å²) in [6, 6.07) is 6.54. The lowest BCUT2D eigenvalue weighted by Gasteiger charge is -2.21. The molecule has 0 amide bonds. The number of benzene rings is 1. The van der Waals surface area contributed by atoms with Crippen LogP contribution in [0.25, 0.3) is 5.57 Å². The summed E-state index contributed by atoms with van der Waals surface area (Å²) in [5.41, 5.74) is 5.24. The number of anilines is 1. The molecule has 0 N–H and O–H groups in total. The van der Waals surface area contributed by atoms with Crippen LogP contribution in [-0.2, 0) is 0 Å². The molecule has 0 radical (unpaired) electrons. The van der Waals surface area contributed by atoms with E-state index in [1.165, 1.54) is 42.7 Å². The molecule has 0 spiro atoms. The second kappa shape index (κ2) is 4.09. The molecule has 1 nitrogen and oxygen atoms in total. The lowest BCUT2D eigenvalue weighted by atomic mass is 10.0. The van der Waals surface area contributed by atoms with E-state index >= 15 is 0 Å². The Morgan fingerprint density at radius 3 is 2.53 bits per heavy atom. The van der Waals surface area contributed by atoms with Gasteiger partial charge in [-0.3, -0.25) is 0 Å². The van der Waals surface area contributed by atoms with Crippen LogP contribution in [-0.4, -0.2) is 13.1 Å². The topological polar surface area (TPSA) is 3.24 Å². The van der Waals surface area contributed by atoms with Gasteiger partial charge < -0.3 is 4.90 Å². The van der Waals surface area contributed by atoms with Gasteiger partial charge in [-0.15, -0.1) is 0 Å². The fourth-order valence-corrected chi connectivity index (χ4v) is 2.39. The highest BCUT2D eigenvalue weighted by Gasteiger charge is 2.15. The van der Waals surface area contributed by atoms with Gasteiger partial charge in [0.1, 0.15) is 0 Å². The Hall–Kier alpha value is -1.24. The van der Waals surface area contributed by atoms with Crippen LogP contribution in [0.2, 0.25) is 0 Å². The number of rotatable bonds is 2. The van der Waals surface area contributed by atoms with Crippen molar-refractivity contribution in [2.24, 2.45) is 0 Å².